The predicted molar refractivity (Wildman–Crippen MR) is 93.6 cm³/mol. The molecule has 1 aromatic heterocycles. The van der Waals surface area contributed by atoms with E-state index in [4.69, 9.17) is 4.74 Å². The minimum absolute atomic E-state index is 0.0448. The van der Waals surface area contributed by atoms with Crippen molar-refractivity contribution in [3.05, 3.63) is 52.1 Å². The molecule has 1 heterocycles. The number of rotatable bonds is 5. The summed E-state index contributed by atoms with van der Waals surface area (Å²) in [5.74, 6) is -1.06. The Hall–Kier alpha value is -2.54. The van der Waals surface area contributed by atoms with Gasteiger partial charge in [0.1, 0.15) is 0 Å². The Labute approximate surface area is 148 Å². The highest BCUT2D eigenvalue weighted by atomic mass is 32.1. The van der Waals surface area contributed by atoms with Crippen LogP contribution < -0.4 is 0 Å². The molecule has 0 N–H and O–H groups in total. The van der Waals surface area contributed by atoms with Crippen LogP contribution in [0.1, 0.15) is 29.6 Å². The van der Waals surface area contributed by atoms with Gasteiger partial charge in [-0.2, -0.15) is 0 Å². The number of benzene rings is 1. The molecule has 25 heavy (non-hydrogen) atoms. The zero-order valence-electron chi connectivity index (χ0n) is 13.6. The van der Waals surface area contributed by atoms with E-state index in [1.54, 1.807) is 30.3 Å². The zero-order valence-corrected chi connectivity index (χ0v) is 14.5. The SMILES string of the molecule is COC(=O)[C@@H]1CCC[C@H]1C(=O)c1ccc(-c2ccc([N+](=O)[O-])s2)cc1. The first-order valence-electron chi connectivity index (χ1n) is 7.98. The average Bonchev–Trinajstić information content (AvgIpc) is 3.30. The minimum Gasteiger partial charge on any atom is -0.469 e. The van der Waals surface area contributed by atoms with Crippen LogP contribution in [0.25, 0.3) is 10.4 Å². The molecule has 7 heteroatoms. The van der Waals surface area contributed by atoms with E-state index in [0.29, 0.717) is 18.4 Å². The van der Waals surface area contributed by atoms with Crippen LogP contribution in [0.2, 0.25) is 0 Å². The molecule has 0 amide bonds. The molecule has 3 rings (SSSR count). The van der Waals surface area contributed by atoms with E-state index in [0.717, 1.165) is 28.2 Å². The molecule has 1 fully saturated rings. The molecule has 1 saturated carbocycles. The highest BCUT2D eigenvalue weighted by Crippen LogP contribution is 2.36. The van der Waals surface area contributed by atoms with Gasteiger partial charge in [-0.25, -0.2) is 0 Å². The summed E-state index contributed by atoms with van der Waals surface area (Å²) in [6.45, 7) is 0. The highest BCUT2D eigenvalue weighted by Gasteiger charge is 2.38. The molecule has 1 aliphatic carbocycles. The lowest BCUT2D eigenvalue weighted by atomic mass is 9.88. The van der Waals surface area contributed by atoms with Gasteiger partial charge in [0.2, 0.25) is 0 Å². The van der Waals surface area contributed by atoms with Gasteiger partial charge in [-0.3, -0.25) is 19.7 Å². The van der Waals surface area contributed by atoms with E-state index in [2.05, 4.69) is 0 Å². The topological polar surface area (TPSA) is 86.5 Å². The molecule has 2 aromatic rings. The van der Waals surface area contributed by atoms with E-state index in [1.165, 1.54) is 13.2 Å². The van der Waals surface area contributed by atoms with Crippen molar-refractivity contribution in [3.63, 3.8) is 0 Å². The number of methoxy groups -OCH3 is 1. The van der Waals surface area contributed by atoms with Crippen molar-refractivity contribution < 1.29 is 19.2 Å². The third-order valence-corrected chi connectivity index (χ3v) is 5.67. The number of ether oxygens (including phenoxy) is 1. The summed E-state index contributed by atoms with van der Waals surface area (Å²) < 4.78 is 4.80. The maximum Gasteiger partial charge on any atom is 0.324 e. The molecule has 1 aliphatic rings. The lowest BCUT2D eigenvalue weighted by Gasteiger charge is -2.16. The standard InChI is InChI=1S/C18H17NO5S/c1-24-18(21)14-4-2-3-13(14)17(20)12-7-5-11(6-8-12)15-9-10-16(25-15)19(22)23/h5-10,13-14H,2-4H2,1H3/t13-,14-/m1/s1. The quantitative estimate of drug-likeness (QED) is 0.347. The molecule has 0 aliphatic heterocycles. The number of hydrogen-bond donors (Lipinski definition) is 0. The first-order valence-corrected chi connectivity index (χ1v) is 8.79. The molecule has 2 atom stereocenters. The molecule has 0 radical (unpaired) electrons. The fourth-order valence-corrected chi connectivity index (χ4v) is 4.13. The van der Waals surface area contributed by atoms with Gasteiger partial charge in [-0.1, -0.05) is 42.0 Å². The van der Waals surface area contributed by atoms with Crippen molar-refractivity contribution in [2.45, 2.75) is 19.3 Å². The second-order valence-corrected chi connectivity index (χ2v) is 7.07. The number of nitrogens with zero attached hydrogens (tertiary/aromatic N) is 1. The van der Waals surface area contributed by atoms with Crippen molar-refractivity contribution in [2.24, 2.45) is 11.8 Å². The summed E-state index contributed by atoms with van der Waals surface area (Å²) in [5.41, 5.74) is 1.38. The monoisotopic (exact) mass is 359 g/mol. The predicted octanol–water partition coefficient (Wildman–Crippen LogP) is 4.10. The van der Waals surface area contributed by atoms with Crippen LogP contribution in [0.15, 0.2) is 36.4 Å². The van der Waals surface area contributed by atoms with E-state index >= 15 is 0 Å². The Bertz CT molecular complexity index is 811. The molecule has 0 saturated heterocycles. The average molecular weight is 359 g/mol. The first-order chi connectivity index (χ1) is 12.0. The normalized spacial score (nSPS) is 19.6. The number of esters is 1. The Kier molecular flexibility index (Phi) is 4.94. The van der Waals surface area contributed by atoms with E-state index < -0.39 is 4.92 Å². The molecule has 0 unspecified atom stereocenters. The fourth-order valence-electron chi connectivity index (χ4n) is 3.30. The molecule has 0 bridgehead atoms. The second-order valence-electron chi connectivity index (χ2n) is 6.00. The van der Waals surface area contributed by atoms with Crippen LogP contribution in [-0.4, -0.2) is 23.8 Å². The molecular weight excluding hydrogens is 342 g/mol. The van der Waals surface area contributed by atoms with Crippen molar-refractivity contribution >= 4 is 28.1 Å². The molecule has 0 spiro atoms. The number of carbonyl (C=O) groups is 2. The van der Waals surface area contributed by atoms with Crippen LogP contribution in [0.4, 0.5) is 5.00 Å². The highest BCUT2D eigenvalue weighted by molar-refractivity contribution is 7.18. The molecule has 1 aromatic carbocycles. The van der Waals surface area contributed by atoms with Gasteiger partial charge >= 0.3 is 11.0 Å². The lowest BCUT2D eigenvalue weighted by Crippen LogP contribution is -2.26. The maximum atomic E-state index is 12.7. The van der Waals surface area contributed by atoms with Gasteiger partial charge in [-0.15, -0.1) is 0 Å². The largest absolute Gasteiger partial charge is 0.469 e. The van der Waals surface area contributed by atoms with Crippen molar-refractivity contribution in [3.8, 4) is 10.4 Å². The summed E-state index contributed by atoms with van der Waals surface area (Å²) >= 11 is 1.10. The third kappa shape index (κ3) is 3.46. The molecule has 6 nitrogen and oxygen atoms in total. The summed E-state index contributed by atoms with van der Waals surface area (Å²) in [6, 6.07) is 10.2. The van der Waals surface area contributed by atoms with E-state index in [9.17, 15) is 19.7 Å². The van der Waals surface area contributed by atoms with Gasteiger partial charge in [-0.05, 0) is 24.5 Å². The zero-order chi connectivity index (χ0) is 18.0. The van der Waals surface area contributed by atoms with Crippen LogP contribution >= 0.6 is 11.3 Å². The number of Topliss-reactive ketones (excluding diaryl/α,β-unsaturated/α-hetero) is 1. The van der Waals surface area contributed by atoms with Gasteiger partial charge in [0, 0.05) is 22.4 Å². The number of carbonyl (C=O) groups excluding carboxylic acids is 2. The van der Waals surface area contributed by atoms with Crippen LogP contribution in [0.3, 0.4) is 0 Å². The Morgan fingerprint density at radius 1 is 1.12 bits per heavy atom. The van der Waals surface area contributed by atoms with Crippen molar-refractivity contribution in [1.29, 1.82) is 0 Å². The molecular formula is C18H17NO5S. The fraction of sp³-hybridized carbons (Fsp3) is 0.333. The van der Waals surface area contributed by atoms with Crippen molar-refractivity contribution in [2.75, 3.05) is 7.11 Å². The second kappa shape index (κ2) is 7.14. The lowest BCUT2D eigenvalue weighted by molar-refractivity contribution is -0.380. The summed E-state index contributed by atoms with van der Waals surface area (Å²) in [6.07, 6.45) is 2.21. The Morgan fingerprint density at radius 2 is 1.80 bits per heavy atom. The van der Waals surface area contributed by atoms with Gasteiger partial charge in [0.25, 0.3) is 0 Å². The number of ketones is 1. The van der Waals surface area contributed by atoms with Crippen LogP contribution in [0, 0.1) is 22.0 Å². The van der Waals surface area contributed by atoms with Crippen molar-refractivity contribution in [1.82, 2.24) is 0 Å². The maximum absolute atomic E-state index is 12.7. The summed E-state index contributed by atoms with van der Waals surface area (Å²) in [4.78, 5) is 35.7. The van der Waals surface area contributed by atoms with Crippen LogP contribution in [-0.2, 0) is 9.53 Å². The molecule has 130 valence electrons. The number of nitro groups is 1. The minimum atomic E-state index is -0.418. The van der Waals surface area contributed by atoms with E-state index in [1.807, 2.05) is 0 Å². The third-order valence-electron chi connectivity index (χ3n) is 4.58. The van der Waals surface area contributed by atoms with Crippen LogP contribution in [0.5, 0.6) is 0 Å². The Balaban J connectivity index is 1.78. The number of hydrogen-bond acceptors (Lipinski definition) is 6. The smallest absolute Gasteiger partial charge is 0.324 e. The van der Waals surface area contributed by atoms with Gasteiger partial charge < -0.3 is 4.74 Å². The van der Waals surface area contributed by atoms with E-state index in [-0.39, 0.29) is 28.6 Å². The number of thiophene rings is 1. The summed E-state index contributed by atoms with van der Waals surface area (Å²) in [5, 5.41) is 10.9. The summed E-state index contributed by atoms with van der Waals surface area (Å²) in [7, 11) is 1.34. The van der Waals surface area contributed by atoms with Gasteiger partial charge in [0.05, 0.1) is 18.0 Å². The first kappa shape index (κ1) is 17.3. The Morgan fingerprint density at radius 3 is 2.40 bits per heavy atom. The van der Waals surface area contributed by atoms with Gasteiger partial charge in [0.15, 0.2) is 5.78 Å².